The number of hydrogen-bond acceptors (Lipinski definition) is 4. The molecule has 0 amide bonds. The first kappa shape index (κ1) is 11.8. The Balaban J connectivity index is 3.11. The van der Waals surface area contributed by atoms with Gasteiger partial charge in [-0.1, -0.05) is 5.16 Å². The van der Waals surface area contributed by atoms with Crippen molar-refractivity contribution >= 4 is 12.3 Å². The molecular weight excluding hydrogens is 204 g/mol. The van der Waals surface area contributed by atoms with Crippen LogP contribution in [0, 0.1) is 11.3 Å². The van der Waals surface area contributed by atoms with Gasteiger partial charge in [0.25, 0.3) is 0 Å². The van der Waals surface area contributed by atoms with Crippen LogP contribution >= 0.6 is 0 Å². The molecule has 1 rings (SSSR count). The van der Waals surface area contributed by atoms with Crippen LogP contribution in [0.2, 0.25) is 0 Å². The van der Waals surface area contributed by atoms with Crippen molar-refractivity contribution in [2.45, 2.75) is 0 Å². The number of hydrogen-bond donors (Lipinski definition) is 0. The first-order valence-corrected chi connectivity index (χ1v) is 4.62. The van der Waals surface area contributed by atoms with Crippen molar-refractivity contribution in [3.05, 3.63) is 35.4 Å². The Morgan fingerprint density at radius 1 is 1.31 bits per heavy atom. The molecule has 0 fully saturated rings. The summed E-state index contributed by atoms with van der Waals surface area (Å²) in [4.78, 5) is 4.61. The van der Waals surface area contributed by atoms with Gasteiger partial charge in [-0.15, -0.1) is 0 Å². The van der Waals surface area contributed by atoms with Crippen LogP contribution in [0.5, 0.6) is 5.75 Å². The lowest BCUT2D eigenvalue weighted by molar-refractivity contribution is 0.215. The summed E-state index contributed by atoms with van der Waals surface area (Å²) in [6, 6.07) is 7.43. The Labute approximate surface area is 94.4 Å². The summed E-state index contributed by atoms with van der Waals surface area (Å²) in [5, 5.41) is 12.2. The lowest BCUT2D eigenvalue weighted by atomic mass is 10.1. The van der Waals surface area contributed by atoms with E-state index in [9.17, 15) is 0 Å². The van der Waals surface area contributed by atoms with Gasteiger partial charge in [0.1, 0.15) is 12.9 Å². The minimum Gasteiger partial charge on any atom is -0.497 e. The van der Waals surface area contributed by atoms with Crippen molar-refractivity contribution in [1.82, 2.24) is 0 Å². The van der Waals surface area contributed by atoms with E-state index >= 15 is 0 Å². The topological polar surface area (TPSA) is 54.6 Å². The van der Waals surface area contributed by atoms with Crippen molar-refractivity contribution in [1.29, 1.82) is 5.26 Å². The fourth-order valence-electron chi connectivity index (χ4n) is 1.18. The largest absolute Gasteiger partial charge is 0.497 e. The number of oxime groups is 1. The predicted molar refractivity (Wildman–Crippen MR) is 62.2 cm³/mol. The summed E-state index contributed by atoms with van der Waals surface area (Å²) in [7, 11) is 3.07. The smallest absolute Gasteiger partial charge is 0.119 e. The van der Waals surface area contributed by atoms with Crippen molar-refractivity contribution < 1.29 is 9.57 Å². The SMILES string of the molecule is CO/N=C/c1ccc(OC)cc1/C=C/C#N. The zero-order valence-corrected chi connectivity index (χ0v) is 9.18. The molecule has 0 aromatic heterocycles. The van der Waals surface area contributed by atoms with Crippen molar-refractivity contribution in [3.8, 4) is 11.8 Å². The van der Waals surface area contributed by atoms with Crippen LogP contribution in [0.4, 0.5) is 0 Å². The first-order chi connectivity index (χ1) is 7.81. The Bertz CT molecular complexity index is 445. The number of methoxy groups -OCH3 is 1. The van der Waals surface area contributed by atoms with E-state index in [4.69, 9.17) is 10.00 Å². The van der Waals surface area contributed by atoms with Gasteiger partial charge in [0.2, 0.25) is 0 Å². The molecule has 82 valence electrons. The minimum atomic E-state index is 0.729. The second kappa shape index (κ2) is 6.25. The minimum absolute atomic E-state index is 0.729. The zero-order valence-electron chi connectivity index (χ0n) is 9.18. The average Bonchev–Trinajstić information content (AvgIpc) is 2.34. The third-order valence-corrected chi connectivity index (χ3v) is 1.93. The molecule has 1 aromatic carbocycles. The molecule has 1 aromatic rings. The number of allylic oxidation sites excluding steroid dienone is 1. The molecule has 0 heterocycles. The molecule has 4 nitrogen and oxygen atoms in total. The molecule has 4 heteroatoms. The molecule has 0 atom stereocenters. The lowest BCUT2D eigenvalue weighted by Crippen LogP contribution is -1.90. The van der Waals surface area contributed by atoms with Gasteiger partial charge >= 0.3 is 0 Å². The van der Waals surface area contributed by atoms with E-state index in [2.05, 4.69) is 9.99 Å². The summed E-state index contributed by atoms with van der Waals surface area (Å²) in [5.41, 5.74) is 1.70. The predicted octanol–water partition coefficient (Wildman–Crippen LogP) is 2.21. The van der Waals surface area contributed by atoms with Crippen LogP contribution in [0.25, 0.3) is 6.08 Å². The van der Waals surface area contributed by atoms with E-state index in [0.29, 0.717) is 0 Å². The second-order valence-electron chi connectivity index (χ2n) is 2.87. The van der Waals surface area contributed by atoms with E-state index in [1.807, 2.05) is 24.3 Å². The van der Waals surface area contributed by atoms with E-state index in [0.717, 1.165) is 16.9 Å². The quantitative estimate of drug-likeness (QED) is 0.440. The maximum absolute atomic E-state index is 8.49. The van der Waals surface area contributed by atoms with Crippen LogP contribution in [0.1, 0.15) is 11.1 Å². The van der Waals surface area contributed by atoms with Crippen LogP contribution < -0.4 is 4.74 Å². The van der Waals surface area contributed by atoms with Crippen LogP contribution in [0.3, 0.4) is 0 Å². The lowest BCUT2D eigenvalue weighted by Gasteiger charge is -2.04. The Morgan fingerprint density at radius 2 is 2.12 bits per heavy atom. The Kier molecular flexibility index (Phi) is 4.61. The highest BCUT2D eigenvalue weighted by Crippen LogP contribution is 2.17. The second-order valence-corrected chi connectivity index (χ2v) is 2.87. The molecule has 0 bridgehead atoms. The fourth-order valence-corrected chi connectivity index (χ4v) is 1.18. The van der Waals surface area contributed by atoms with Crippen molar-refractivity contribution in [2.75, 3.05) is 14.2 Å². The Morgan fingerprint density at radius 3 is 2.75 bits per heavy atom. The molecule has 16 heavy (non-hydrogen) atoms. The molecule has 0 spiro atoms. The molecule has 0 aliphatic carbocycles. The van der Waals surface area contributed by atoms with Gasteiger partial charge in [-0.05, 0) is 29.8 Å². The monoisotopic (exact) mass is 216 g/mol. The van der Waals surface area contributed by atoms with Gasteiger partial charge in [0.15, 0.2) is 0 Å². The molecule has 0 saturated carbocycles. The van der Waals surface area contributed by atoms with Gasteiger partial charge in [0, 0.05) is 11.6 Å². The highest BCUT2D eigenvalue weighted by atomic mass is 16.6. The van der Waals surface area contributed by atoms with E-state index < -0.39 is 0 Å². The van der Waals surface area contributed by atoms with Gasteiger partial charge in [0.05, 0.1) is 19.4 Å². The van der Waals surface area contributed by atoms with Crippen LogP contribution in [-0.4, -0.2) is 20.4 Å². The number of nitrogens with zero attached hydrogens (tertiary/aromatic N) is 2. The third-order valence-electron chi connectivity index (χ3n) is 1.93. The van der Waals surface area contributed by atoms with E-state index in [-0.39, 0.29) is 0 Å². The maximum Gasteiger partial charge on any atom is 0.119 e. The maximum atomic E-state index is 8.49. The van der Waals surface area contributed by atoms with Crippen LogP contribution in [0.15, 0.2) is 29.4 Å². The van der Waals surface area contributed by atoms with Gasteiger partial charge in [-0.2, -0.15) is 5.26 Å². The van der Waals surface area contributed by atoms with Crippen molar-refractivity contribution in [3.63, 3.8) is 0 Å². The van der Waals surface area contributed by atoms with E-state index in [1.54, 1.807) is 19.4 Å². The number of rotatable bonds is 4. The molecule has 0 aliphatic rings. The Hall–Kier alpha value is -2.28. The van der Waals surface area contributed by atoms with E-state index in [1.165, 1.54) is 13.2 Å². The standard InChI is InChI=1S/C12H12N2O2/c1-15-12-6-5-11(9-14-16-2)10(8-12)4-3-7-13/h3-6,8-9H,1-2H3/b4-3+,14-9+. The zero-order chi connectivity index (χ0) is 11.8. The fraction of sp³-hybridized carbons (Fsp3) is 0.167. The number of benzene rings is 1. The normalized spacial score (nSPS) is 10.6. The molecular formula is C12H12N2O2. The summed E-state index contributed by atoms with van der Waals surface area (Å²) in [6.45, 7) is 0. The molecule has 0 unspecified atom stereocenters. The van der Waals surface area contributed by atoms with Gasteiger partial charge < -0.3 is 9.57 Å². The summed E-state index contributed by atoms with van der Waals surface area (Å²) in [6.07, 6.45) is 4.68. The van der Waals surface area contributed by atoms with Gasteiger partial charge in [-0.3, -0.25) is 0 Å². The summed E-state index contributed by atoms with van der Waals surface area (Å²) >= 11 is 0. The molecule has 0 saturated heterocycles. The van der Waals surface area contributed by atoms with Crippen LogP contribution in [-0.2, 0) is 4.84 Å². The number of ether oxygens (including phenoxy) is 1. The number of nitriles is 1. The first-order valence-electron chi connectivity index (χ1n) is 4.62. The third kappa shape index (κ3) is 3.14. The average molecular weight is 216 g/mol. The van der Waals surface area contributed by atoms with Crippen molar-refractivity contribution in [2.24, 2.45) is 5.16 Å². The highest BCUT2D eigenvalue weighted by Gasteiger charge is 1.99. The summed E-state index contributed by atoms with van der Waals surface area (Å²) in [5.74, 6) is 0.729. The molecule has 0 N–H and O–H groups in total. The summed E-state index contributed by atoms with van der Waals surface area (Å²) < 4.78 is 5.10. The van der Waals surface area contributed by atoms with Gasteiger partial charge in [-0.25, -0.2) is 0 Å². The highest BCUT2D eigenvalue weighted by molar-refractivity contribution is 5.85. The molecule has 0 aliphatic heterocycles. The molecule has 0 radical (unpaired) electrons.